The van der Waals surface area contributed by atoms with Gasteiger partial charge in [0.25, 0.3) is 11.8 Å². The van der Waals surface area contributed by atoms with E-state index in [1.807, 2.05) is 13.8 Å². The van der Waals surface area contributed by atoms with Gasteiger partial charge in [-0.3, -0.25) is 28.9 Å². The Balaban J connectivity index is 2.27. The number of ether oxygens (including phenoxy) is 1. The van der Waals surface area contributed by atoms with Crippen LogP contribution in [-0.2, 0) is 28.7 Å². The van der Waals surface area contributed by atoms with Crippen LogP contribution in [0.5, 0.6) is 0 Å². The van der Waals surface area contributed by atoms with Gasteiger partial charge in [-0.05, 0) is 26.7 Å². The lowest BCUT2D eigenvalue weighted by molar-refractivity contribution is -0.137. The molecule has 0 saturated heterocycles. The summed E-state index contributed by atoms with van der Waals surface area (Å²) in [5, 5.41) is 5.24. The van der Waals surface area contributed by atoms with Crippen molar-refractivity contribution in [1.29, 1.82) is 0 Å². The first-order valence-corrected chi connectivity index (χ1v) is 9.85. The van der Waals surface area contributed by atoms with E-state index in [1.165, 1.54) is 12.2 Å². The Morgan fingerprint density at radius 1 is 1.03 bits per heavy atom. The zero-order valence-electron chi connectivity index (χ0n) is 18.1. The molecular weight excluding hydrogens is 392 g/mol. The maximum absolute atomic E-state index is 12.1. The Kier molecular flexibility index (Phi) is 9.16. The van der Waals surface area contributed by atoms with Crippen molar-refractivity contribution >= 4 is 29.5 Å². The molecule has 0 aromatic heterocycles. The molecule has 30 heavy (non-hydrogen) atoms. The summed E-state index contributed by atoms with van der Waals surface area (Å²) in [6, 6.07) is 0. The normalized spacial score (nSPS) is 14.2. The average molecular weight is 424 g/mol. The number of nitrogens with one attached hydrogen (secondary N) is 2. The smallest absolute Gasteiger partial charge is 0.253 e. The van der Waals surface area contributed by atoms with E-state index >= 15 is 0 Å². The van der Waals surface area contributed by atoms with Crippen molar-refractivity contribution in [2.45, 2.75) is 52.6 Å². The summed E-state index contributed by atoms with van der Waals surface area (Å²) in [6.07, 6.45) is 3.38. The second kappa shape index (κ2) is 10.9. The van der Waals surface area contributed by atoms with Crippen molar-refractivity contribution in [1.82, 2.24) is 15.5 Å². The molecule has 0 fully saturated rings. The largest absolute Gasteiger partial charge is 0.375 e. The molecule has 0 bridgehead atoms. The Morgan fingerprint density at radius 2 is 1.63 bits per heavy atom. The third kappa shape index (κ3) is 8.73. The van der Waals surface area contributed by atoms with Crippen molar-refractivity contribution in [3.63, 3.8) is 0 Å². The minimum atomic E-state index is -0.723. The lowest BCUT2D eigenvalue weighted by Gasteiger charge is -2.29. The highest BCUT2D eigenvalue weighted by molar-refractivity contribution is 6.13. The number of nitrogens with two attached hydrogens (primary N) is 1. The molecule has 0 aromatic carbocycles. The van der Waals surface area contributed by atoms with Crippen molar-refractivity contribution in [2.75, 3.05) is 26.2 Å². The Bertz CT molecular complexity index is 696. The first kappa shape index (κ1) is 25.3. The molecule has 0 atom stereocenters. The summed E-state index contributed by atoms with van der Waals surface area (Å²) < 4.78 is 5.86. The zero-order chi connectivity index (χ0) is 22.9. The van der Waals surface area contributed by atoms with Crippen LogP contribution in [0.15, 0.2) is 12.2 Å². The van der Waals surface area contributed by atoms with Crippen LogP contribution >= 0.6 is 0 Å². The minimum absolute atomic E-state index is 0.0368. The van der Waals surface area contributed by atoms with Gasteiger partial charge in [0.15, 0.2) is 0 Å². The Morgan fingerprint density at radius 3 is 2.20 bits per heavy atom. The second-order valence-corrected chi connectivity index (χ2v) is 8.40. The lowest BCUT2D eigenvalue weighted by atomic mass is 9.88. The quantitative estimate of drug-likeness (QED) is 0.343. The first-order chi connectivity index (χ1) is 13.8. The van der Waals surface area contributed by atoms with Gasteiger partial charge in [-0.1, -0.05) is 13.8 Å². The second-order valence-electron chi connectivity index (χ2n) is 8.40. The summed E-state index contributed by atoms with van der Waals surface area (Å²) in [5.74, 6) is -1.96. The van der Waals surface area contributed by atoms with Crippen LogP contribution in [0.25, 0.3) is 0 Å². The fraction of sp³-hybridized carbons (Fsp3) is 0.650. The van der Waals surface area contributed by atoms with E-state index in [-0.39, 0.29) is 31.3 Å². The van der Waals surface area contributed by atoms with Crippen LogP contribution in [0, 0.1) is 5.41 Å². The van der Waals surface area contributed by atoms with Gasteiger partial charge < -0.3 is 21.1 Å². The van der Waals surface area contributed by atoms with Crippen LogP contribution in [0.1, 0.15) is 47.0 Å². The first-order valence-electron chi connectivity index (χ1n) is 9.85. The molecule has 1 heterocycles. The van der Waals surface area contributed by atoms with Gasteiger partial charge in [0, 0.05) is 43.7 Å². The molecule has 168 valence electrons. The predicted octanol–water partition coefficient (Wildman–Crippen LogP) is -0.379. The molecule has 0 saturated carbocycles. The SMILES string of the molecule is CC(C)(CCNC(=O)CCN1C(=O)C=CC1=O)OCCC(C)(C)C(=O)NCC(N)=O. The summed E-state index contributed by atoms with van der Waals surface area (Å²) in [4.78, 5) is 58.7. The standard InChI is InChI=1S/C20H32N4O6/c1-19(2,18(29)23-13-14(21)25)9-12-30-20(3,4)8-10-22-15(26)7-11-24-16(27)5-6-17(24)28/h5-6H,7-13H2,1-4H3,(H2,21,25)(H,22,26)(H,23,29). The van der Waals surface area contributed by atoms with Crippen LogP contribution in [0.3, 0.4) is 0 Å². The van der Waals surface area contributed by atoms with Crippen molar-refractivity contribution in [3.8, 4) is 0 Å². The fourth-order valence-corrected chi connectivity index (χ4v) is 2.63. The molecule has 4 N–H and O–H groups in total. The van der Waals surface area contributed by atoms with E-state index in [0.717, 1.165) is 4.90 Å². The highest BCUT2D eigenvalue weighted by Crippen LogP contribution is 2.23. The monoisotopic (exact) mass is 424 g/mol. The van der Waals surface area contributed by atoms with Crippen molar-refractivity contribution < 1.29 is 28.7 Å². The number of imide groups is 1. The third-order valence-corrected chi connectivity index (χ3v) is 4.77. The van der Waals surface area contributed by atoms with Crippen molar-refractivity contribution in [2.24, 2.45) is 11.1 Å². The maximum Gasteiger partial charge on any atom is 0.253 e. The molecular formula is C20H32N4O6. The van der Waals surface area contributed by atoms with E-state index in [2.05, 4.69) is 10.6 Å². The van der Waals surface area contributed by atoms with E-state index in [0.29, 0.717) is 26.0 Å². The number of carbonyl (C=O) groups is 5. The number of hydrogen-bond acceptors (Lipinski definition) is 6. The fourth-order valence-electron chi connectivity index (χ4n) is 2.63. The molecule has 10 nitrogen and oxygen atoms in total. The van der Waals surface area contributed by atoms with Crippen LogP contribution in [0.4, 0.5) is 0 Å². The van der Waals surface area contributed by atoms with Crippen LogP contribution < -0.4 is 16.4 Å². The highest BCUT2D eigenvalue weighted by atomic mass is 16.5. The van der Waals surface area contributed by atoms with Crippen LogP contribution in [0.2, 0.25) is 0 Å². The van der Waals surface area contributed by atoms with Crippen molar-refractivity contribution in [3.05, 3.63) is 12.2 Å². The molecule has 0 spiro atoms. The molecule has 1 aliphatic rings. The Hall–Kier alpha value is -2.75. The van der Waals surface area contributed by atoms with Gasteiger partial charge in [-0.25, -0.2) is 0 Å². The number of nitrogens with zero attached hydrogens (tertiary/aromatic N) is 1. The van der Waals surface area contributed by atoms with E-state index in [1.54, 1.807) is 13.8 Å². The van der Waals surface area contributed by atoms with Gasteiger partial charge in [0.2, 0.25) is 17.7 Å². The molecule has 0 aliphatic carbocycles. The van der Waals surface area contributed by atoms with Gasteiger partial charge in [-0.2, -0.15) is 0 Å². The van der Waals surface area contributed by atoms with Gasteiger partial charge in [0.05, 0.1) is 12.1 Å². The molecule has 1 rings (SSSR count). The molecule has 0 aromatic rings. The number of hydrogen-bond donors (Lipinski definition) is 3. The topological polar surface area (TPSA) is 148 Å². The van der Waals surface area contributed by atoms with E-state index in [9.17, 15) is 24.0 Å². The number of primary amides is 1. The van der Waals surface area contributed by atoms with Crippen LogP contribution in [-0.4, -0.2) is 66.3 Å². The average Bonchev–Trinajstić information content (AvgIpc) is 2.95. The highest BCUT2D eigenvalue weighted by Gasteiger charge is 2.29. The number of carbonyl (C=O) groups excluding carboxylic acids is 5. The predicted molar refractivity (Wildman–Crippen MR) is 109 cm³/mol. The molecule has 5 amide bonds. The summed E-state index contributed by atoms with van der Waals surface area (Å²) in [6.45, 7) is 7.81. The van der Waals surface area contributed by atoms with Gasteiger partial charge in [-0.15, -0.1) is 0 Å². The molecule has 0 unspecified atom stereocenters. The Labute approximate surface area is 176 Å². The summed E-state index contributed by atoms with van der Waals surface area (Å²) in [5.41, 5.74) is 3.78. The molecule has 0 radical (unpaired) electrons. The number of amides is 5. The van der Waals surface area contributed by atoms with E-state index in [4.69, 9.17) is 10.5 Å². The molecule has 10 heteroatoms. The lowest BCUT2D eigenvalue weighted by Crippen LogP contribution is -2.42. The van der Waals surface area contributed by atoms with E-state index < -0.39 is 28.7 Å². The minimum Gasteiger partial charge on any atom is -0.375 e. The summed E-state index contributed by atoms with van der Waals surface area (Å²) >= 11 is 0. The zero-order valence-corrected chi connectivity index (χ0v) is 18.1. The third-order valence-electron chi connectivity index (χ3n) is 4.77. The van der Waals surface area contributed by atoms with Gasteiger partial charge >= 0.3 is 0 Å². The number of rotatable bonds is 13. The maximum atomic E-state index is 12.1. The summed E-state index contributed by atoms with van der Waals surface area (Å²) in [7, 11) is 0. The molecule has 1 aliphatic heterocycles. The van der Waals surface area contributed by atoms with Gasteiger partial charge in [0.1, 0.15) is 0 Å².